The molecular formula is C26H42N4O5. The van der Waals surface area contributed by atoms with Crippen LogP contribution in [0, 0.1) is 16.7 Å². The van der Waals surface area contributed by atoms with E-state index in [-0.39, 0.29) is 53.5 Å². The third-order valence-corrected chi connectivity index (χ3v) is 8.81. The van der Waals surface area contributed by atoms with Crippen molar-refractivity contribution in [3.8, 4) is 0 Å². The topological polar surface area (TPSA) is 131 Å². The minimum absolute atomic E-state index is 0.0238. The fraction of sp³-hybridized carbons (Fsp3) is 0.846. The molecule has 1 heterocycles. The third-order valence-electron chi connectivity index (χ3n) is 8.81. The maximum absolute atomic E-state index is 13.6. The van der Waals surface area contributed by atoms with E-state index in [2.05, 4.69) is 24.5 Å². The summed E-state index contributed by atoms with van der Waals surface area (Å²) in [5.41, 5.74) is 5.76. The van der Waals surface area contributed by atoms with Crippen LogP contribution in [0.4, 0.5) is 0 Å². The first-order chi connectivity index (χ1) is 16.5. The number of methoxy groups -OCH3 is 1. The largest absolute Gasteiger partial charge is 0.469 e. The zero-order valence-electron chi connectivity index (χ0n) is 21.5. The second-order valence-corrected chi connectivity index (χ2v) is 12.4. The molecule has 196 valence electrons. The first kappa shape index (κ1) is 25.9. The highest BCUT2D eigenvalue weighted by Gasteiger charge is 2.60. The molecule has 1 saturated heterocycles. The van der Waals surface area contributed by atoms with E-state index in [1.807, 2.05) is 0 Å². The van der Waals surface area contributed by atoms with Gasteiger partial charge in [-0.3, -0.25) is 19.2 Å². The van der Waals surface area contributed by atoms with Crippen LogP contribution < -0.4 is 16.4 Å². The van der Waals surface area contributed by atoms with E-state index in [9.17, 15) is 19.2 Å². The van der Waals surface area contributed by atoms with Crippen molar-refractivity contribution in [2.45, 2.75) is 102 Å². The molecule has 0 spiro atoms. The van der Waals surface area contributed by atoms with Crippen LogP contribution >= 0.6 is 0 Å². The number of esters is 1. The van der Waals surface area contributed by atoms with Crippen molar-refractivity contribution in [2.24, 2.45) is 22.5 Å². The van der Waals surface area contributed by atoms with Gasteiger partial charge in [-0.2, -0.15) is 0 Å². The number of hydrogen-bond donors (Lipinski definition) is 3. The molecule has 1 aliphatic heterocycles. The van der Waals surface area contributed by atoms with Gasteiger partial charge in [-0.05, 0) is 81.0 Å². The Bertz CT molecular complexity index is 858. The van der Waals surface area contributed by atoms with Crippen LogP contribution in [0.15, 0.2) is 0 Å². The van der Waals surface area contributed by atoms with Gasteiger partial charge in [-0.25, -0.2) is 0 Å². The van der Waals surface area contributed by atoms with E-state index in [0.29, 0.717) is 18.9 Å². The number of nitrogens with two attached hydrogens (primary N) is 1. The number of amides is 3. The Morgan fingerprint density at radius 2 is 1.74 bits per heavy atom. The van der Waals surface area contributed by atoms with Gasteiger partial charge in [0.2, 0.25) is 17.7 Å². The first-order valence-electron chi connectivity index (χ1n) is 13.2. The summed E-state index contributed by atoms with van der Waals surface area (Å²) in [6.07, 6.45) is 8.87. The monoisotopic (exact) mass is 490 g/mol. The molecule has 9 nitrogen and oxygen atoms in total. The number of hydrogen-bond acceptors (Lipinski definition) is 6. The van der Waals surface area contributed by atoms with Gasteiger partial charge in [0.1, 0.15) is 12.1 Å². The second-order valence-electron chi connectivity index (χ2n) is 12.4. The Morgan fingerprint density at radius 1 is 1.06 bits per heavy atom. The average Bonchev–Trinajstić information content (AvgIpc) is 2.77. The molecule has 5 aliphatic rings. The molecular weight excluding hydrogens is 448 g/mol. The fourth-order valence-electron chi connectivity index (χ4n) is 8.46. The number of nitrogens with zero attached hydrogens (tertiary/aromatic N) is 1. The molecule has 0 aromatic rings. The van der Waals surface area contributed by atoms with Gasteiger partial charge in [0.05, 0.1) is 13.7 Å². The van der Waals surface area contributed by atoms with Gasteiger partial charge < -0.3 is 26.0 Å². The van der Waals surface area contributed by atoms with Gasteiger partial charge in [-0.15, -0.1) is 0 Å². The van der Waals surface area contributed by atoms with Crippen molar-refractivity contribution in [3.05, 3.63) is 0 Å². The number of likely N-dealkylation sites (tertiary alicyclic amines) is 1. The molecule has 5 fully saturated rings. The molecule has 3 amide bonds. The van der Waals surface area contributed by atoms with Gasteiger partial charge in [0.25, 0.3) is 0 Å². The summed E-state index contributed by atoms with van der Waals surface area (Å²) in [7, 11) is 1.31. The summed E-state index contributed by atoms with van der Waals surface area (Å²) in [4.78, 5) is 52.6. The van der Waals surface area contributed by atoms with Crippen molar-refractivity contribution in [1.82, 2.24) is 15.5 Å². The zero-order valence-corrected chi connectivity index (χ0v) is 21.5. The summed E-state index contributed by atoms with van der Waals surface area (Å²) in [5.74, 6) is -0.687. The molecule has 5 rings (SSSR count). The molecule has 0 radical (unpaired) electrons. The number of piperidine rings is 1. The van der Waals surface area contributed by atoms with Crippen molar-refractivity contribution in [2.75, 3.05) is 20.2 Å². The number of rotatable bonds is 8. The third kappa shape index (κ3) is 5.49. The van der Waals surface area contributed by atoms with E-state index < -0.39 is 18.1 Å². The van der Waals surface area contributed by atoms with Crippen molar-refractivity contribution >= 4 is 23.7 Å². The lowest BCUT2D eigenvalue weighted by Crippen LogP contribution is -2.67. The minimum Gasteiger partial charge on any atom is -0.469 e. The lowest BCUT2D eigenvalue weighted by molar-refractivity contribution is -0.146. The summed E-state index contributed by atoms with van der Waals surface area (Å²) < 4.78 is 4.78. The average molecular weight is 491 g/mol. The quantitative estimate of drug-likeness (QED) is 0.443. The Labute approximate surface area is 208 Å². The number of carbonyl (C=O) groups excluding carboxylic acids is 4. The standard InChI is InChI=1S/C26H42N4O5/c1-24-10-17-11-25(2,14-24)16-26(12-17,15-24)29-22(33)18(7-8-21(32)35-3)28-23(34)19-6-4-5-9-30(19)20(31)13-27/h17-19H,4-16,27H2,1-3H3,(H,28,34)(H,29,33)/t17?,18-,19-,24?,25?,26?/m0/s1. The van der Waals surface area contributed by atoms with Crippen molar-refractivity contribution in [1.29, 1.82) is 0 Å². The van der Waals surface area contributed by atoms with Crippen LogP contribution in [0.2, 0.25) is 0 Å². The van der Waals surface area contributed by atoms with Gasteiger partial charge >= 0.3 is 5.97 Å². The summed E-state index contributed by atoms with van der Waals surface area (Å²) in [6.45, 7) is 5.02. The molecule has 4 aliphatic carbocycles. The number of carbonyl (C=O) groups is 4. The van der Waals surface area contributed by atoms with Crippen LogP contribution in [-0.2, 0) is 23.9 Å². The van der Waals surface area contributed by atoms with Crippen molar-refractivity contribution in [3.63, 3.8) is 0 Å². The highest BCUT2D eigenvalue weighted by molar-refractivity contribution is 5.93. The number of ether oxygens (including phenoxy) is 1. The van der Waals surface area contributed by atoms with E-state index in [1.165, 1.54) is 31.3 Å². The maximum atomic E-state index is 13.6. The fourth-order valence-corrected chi connectivity index (χ4v) is 8.46. The molecule has 2 unspecified atom stereocenters. The van der Waals surface area contributed by atoms with Crippen LogP contribution in [0.25, 0.3) is 0 Å². The summed E-state index contributed by atoms with van der Waals surface area (Å²) in [5, 5.41) is 6.25. The van der Waals surface area contributed by atoms with E-state index in [1.54, 1.807) is 0 Å². The van der Waals surface area contributed by atoms with Crippen LogP contribution in [0.1, 0.15) is 84.5 Å². The second kappa shape index (κ2) is 9.71. The lowest BCUT2D eigenvalue weighted by atomic mass is 9.43. The highest BCUT2D eigenvalue weighted by atomic mass is 16.5. The Morgan fingerprint density at radius 3 is 2.34 bits per heavy atom. The van der Waals surface area contributed by atoms with E-state index >= 15 is 0 Å². The number of nitrogens with one attached hydrogen (secondary N) is 2. The predicted molar refractivity (Wildman–Crippen MR) is 130 cm³/mol. The SMILES string of the molecule is COC(=O)CC[C@H](NC(=O)[C@@H]1CCCCN1C(=O)CN)C(=O)NC12CC3CC(C)(CC(C)(C3)C1)C2. The Balaban J connectivity index is 1.49. The van der Waals surface area contributed by atoms with Gasteiger partial charge in [-0.1, -0.05) is 13.8 Å². The highest BCUT2D eigenvalue weighted by Crippen LogP contribution is 2.66. The predicted octanol–water partition coefficient (Wildman–Crippen LogP) is 1.63. The summed E-state index contributed by atoms with van der Waals surface area (Å²) in [6, 6.07) is -1.52. The van der Waals surface area contributed by atoms with Crippen molar-refractivity contribution < 1.29 is 23.9 Å². The summed E-state index contributed by atoms with van der Waals surface area (Å²) >= 11 is 0. The van der Waals surface area contributed by atoms with Crippen LogP contribution in [0.5, 0.6) is 0 Å². The molecule has 0 aromatic heterocycles. The molecule has 4 saturated carbocycles. The molecule has 9 heteroatoms. The molecule has 4 bridgehead atoms. The Kier molecular flexibility index (Phi) is 7.19. The minimum atomic E-state index is -0.869. The lowest BCUT2D eigenvalue weighted by Gasteiger charge is -2.65. The maximum Gasteiger partial charge on any atom is 0.305 e. The molecule has 0 aromatic carbocycles. The Hall–Kier alpha value is -2.16. The van der Waals surface area contributed by atoms with Crippen LogP contribution in [-0.4, -0.2) is 66.4 Å². The van der Waals surface area contributed by atoms with Gasteiger partial charge in [0.15, 0.2) is 0 Å². The van der Waals surface area contributed by atoms with Gasteiger partial charge in [0, 0.05) is 18.5 Å². The van der Waals surface area contributed by atoms with Crippen LogP contribution in [0.3, 0.4) is 0 Å². The normalized spacial score (nSPS) is 36.4. The van der Waals surface area contributed by atoms with E-state index in [0.717, 1.165) is 32.1 Å². The smallest absolute Gasteiger partial charge is 0.305 e. The van der Waals surface area contributed by atoms with E-state index in [4.69, 9.17) is 10.5 Å². The zero-order chi connectivity index (χ0) is 25.4. The first-order valence-corrected chi connectivity index (χ1v) is 13.2. The molecule has 4 N–H and O–H groups in total. The molecule has 4 atom stereocenters. The molecule has 35 heavy (non-hydrogen) atoms.